The molecule has 0 bridgehead atoms. The first-order valence-electron chi connectivity index (χ1n) is 9.66. The van der Waals surface area contributed by atoms with Crippen molar-refractivity contribution in [2.45, 2.75) is 24.8 Å². The highest BCUT2D eigenvalue weighted by Crippen LogP contribution is 2.44. The molecule has 2 aromatic rings. The van der Waals surface area contributed by atoms with E-state index in [1.54, 1.807) is 0 Å². The minimum Gasteiger partial charge on any atom is -0.480 e. The van der Waals surface area contributed by atoms with E-state index >= 15 is 0 Å². The van der Waals surface area contributed by atoms with Gasteiger partial charge in [-0.15, -0.1) is 0 Å². The molecule has 0 unspecified atom stereocenters. The molecule has 1 aliphatic heterocycles. The second kappa shape index (κ2) is 7.64. The third-order valence-electron chi connectivity index (χ3n) is 5.88. The van der Waals surface area contributed by atoms with Gasteiger partial charge in [-0.1, -0.05) is 48.5 Å². The Hall–Kier alpha value is -2.86. The summed E-state index contributed by atoms with van der Waals surface area (Å²) in [6.07, 6.45) is 0.864. The summed E-state index contributed by atoms with van der Waals surface area (Å²) >= 11 is 0. The highest BCUT2D eigenvalue weighted by atomic mass is 16.6. The lowest BCUT2D eigenvalue weighted by Gasteiger charge is -2.37. The maximum atomic E-state index is 12.8. The molecule has 1 fully saturated rings. The van der Waals surface area contributed by atoms with Crippen LogP contribution in [0, 0.1) is 5.92 Å². The summed E-state index contributed by atoms with van der Waals surface area (Å²) in [5, 5.41) is 9.59. The molecule has 6 nitrogen and oxygen atoms in total. The predicted molar refractivity (Wildman–Crippen MR) is 105 cm³/mol. The first kappa shape index (κ1) is 18.5. The monoisotopic (exact) mass is 380 g/mol. The molecule has 0 aromatic heterocycles. The van der Waals surface area contributed by atoms with Gasteiger partial charge in [-0.05, 0) is 41.6 Å². The van der Waals surface area contributed by atoms with Gasteiger partial charge in [0.05, 0.1) is 0 Å². The number of likely N-dealkylation sites (tertiary alicyclic amines) is 1. The maximum absolute atomic E-state index is 12.8. The third-order valence-corrected chi connectivity index (χ3v) is 5.88. The number of nitrogens with zero attached hydrogens (tertiary/aromatic N) is 1. The molecule has 3 N–H and O–H groups in total. The number of carboxylic acid groups (broad SMARTS) is 1. The molecule has 4 rings (SSSR count). The zero-order valence-corrected chi connectivity index (χ0v) is 15.6. The van der Waals surface area contributed by atoms with Crippen LogP contribution in [0.4, 0.5) is 4.79 Å². The minimum absolute atomic E-state index is 0.0466. The smallest absolute Gasteiger partial charge is 0.410 e. The molecule has 0 radical (unpaired) electrons. The molecular formula is C22H24N2O4. The Morgan fingerprint density at radius 3 is 2.25 bits per heavy atom. The van der Waals surface area contributed by atoms with E-state index in [-0.39, 0.29) is 25.0 Å². The summed E-state index contributed by atoms with van der Waals surface area (Å²) in [6, 6.07) is 15.3. The average molecular weight is 380 g/mol. The van der Waals surface area contributed by atoms with Crippen LogP contribution in [0.25, 0.3) is 11.1 Å². The molecule has 1 heterocycles. The number of carbonyl (C=O) groups is 2. The topological polar surface area (TPSA) is 92.9 Å². The fourth-order valence-corrected chi connectivity index (χ4v) is 4.54. The maximum Gasteiger partial charge on any atom is 0.410 e. The quantitative estimate of drug-likeness (QED) is 0.850. The summed E-state index contributed by atoms with van der Waals surface area (Å²) in [7, 11) is 0. The molecule has 2 aliphatic rings. The largest absolute Gasteiger partial charge is 0.480 e. The van der Waals surface area contributed by atoms with Crippen LogP contribution in [-0.4, -0.2) is 47.8 Å². The number of benzene rings is 2. The van der Waals surface area contributed by atoms with Gasteiger partial charge in [-0.2, -0.15) is 0 Å². The number of ether oxygens (including phenoxy) is 1. The van der Waals surface area contributed by atoms with Crippen LogP contribution in [0.15, 0.2) is 48.5 Å². The highest BCUT2D eigenvalue weighted by Gasteiger charge is 2.40. The molecular weight excluding hydrogens is 356 g/mol. The number of carboxylic acids is 1. The van der Waals surface area contributed by atoms with Crippen LogP contribution >= 0.6 is 0 Å². The number of nitrogens with two attached hydrogens (primary N) is 1. The Balaban J connectivity index is 1.53. The van der Waals surface area contributed by atoms with Gasteiger partial charge in [0.15, 0.2) is 0 Å². The lowest BCUT2D eigenvalue weighted by molar-refractivity contribution is -0.146. The SMILES string of the molecule is NC[C@@H]1CCCN(C(=O)OCC2c3ccccc3-c3ccccc32)[C@@H]1C(=O)O. The minimum atomic E-state index is -1.02. The van der Waals surface area contributed by atoms with Crippen LogP contribution in [0.2, 0.25) is 0 Å². The summed E-state index contributed by atoms with van der Waals surface area (Å²) in [5.74, 6) is -1.31. The van der Waals surface area contributed by atoms with Crippen molar-refractivity contribution in [1.29, 1.82) is 0 Å². The molecule has 2 aromatic carbocycles. The summed E-state index contributed by atoms with van der Waals surface area (Å²) < 4.78 is 5.64. The van der Waals surface area contributed by atoms with Gasteiger partial charge in [0.1, 0.15) is 12.6 Å². The van der Waals surface area contributed by atoms with Gasteiger partial charge in [0.2, 0.25) is 0 Å². The molecule has 2 atom stereocenters. The molecule has 0 spiro atoms. The first-order valence-corrected chi connectivity index (χ1v) is 9.66. The Morgan fingerprint density at radius 2 is 1.68 bits per heavy atom. The predicted octanol–water partition coefficient (Wildman–Crippen LogP) is 3.06. The van der Waals surface area contributed by atoms with Crippen molar-refractivity contribution in [2.24, 2.45) is 11.7 Å². The van der Waals surface area contributed by atoms with Crippen molar-refractivity contribution < 1.29 is 19.4 Å². The molecule has 0 saturated carbocycles. The Morgan fingerprint density at radius 1 is 1.07 bits per heavy atom. The van der Waals surface area contributed by atoms with Crippen LogP contribution < -0.4 is 5.73 Å². The van der Waals surface area contributed by atoms with Gasteiger partial charge in [-0.25, -0.2) is 9.59 Å². The second-order valence-corrected chi connectivity index (χ2v) is 7.42. The van der Waals surface area contributed by atoms with Crippen LogP contribution in [-0.2, 0) is 9.53 Å². The molecule has 1 amide bonds. The normalized spacial score (nSPS) is 21.1. The van der Waals surface area contributed by atoms with E-state index in [1.807, 2.05) is 24.3 Å². The van der Waals surface area contributed by atoms with E-state index in [9.17, 15) is 14.7 Å². The second-order valence-electron chi connectivity index (χ2n) is 7.42. The molecule has 1 saturated heterocycles. The zero-order chi connectivity index (χ0) is 19.7. The number of hydrogen-bond donors (Lipinski definition) is 2. The van der Waals surface area contributed by atoms with Gasteiger partial charge in [0.25, 0.3) is 0 Å². The van der Waals surface area contributed by atoms with Crippen LogP contribution in [0.3, 0.4) is 0 Å². The number of hydrogen-bond acceptors (Lipinski definition) is 4. The highest BCUT2D eigenvalue weighted by molar-refractivity contribution is 5.81. The van der Waals surface area contributed by atoms with Crippen molar-refractivity contribution in [1.82, 2.24) is 4.90 Å². The summed E-state index contributed by atoms with van der Waals surface area (Å²) in [6.45, 7) is 0.803. The Labute approximate surface area is 163 Å². The van der Waals surface area contributed by atoms with E-state index in [0.717, 1.165) is 28.7 Å². The first-order chi connectivity index (χ1) is 13.6. The Bertz CT molecular complexity index is 852. The van der Waals surface area contributed by atoms with E-state index in [2.05, 4.69) is 24.3 Å². The van der Waals surface area contributed by atoms with Crippen molar-refractivity contribution in [3.8, 4) is 11.1 Å². The fraction of sp³-hybridized carbons (Fsp3) is 0.364. The van der Waals surface area contributed by atoms with Gasteiger partial charge >= 0.3 is 12.1 Å². The van der Waals surface area contributed by atoms with Crippen LogP contribution in [0.1, 0.15) is 29.9 Å². The van der Waals surface area contributed by atoms with Crippen LogP contribution in [0.5, 0.6) is 0 Å². The number of aliphatic carboxylic acids is 1. The van der Waals surface area contributed by atoms with E-state index < -0.39 is 18.1 Å². The number of rotatable bonds is 4. The molecule has 146 valence electrons. The lowest BCUT2D eigenvalue weighted by atomic mass is 9.89. The third kappa shape index (κ3) is 3.14. The van der Waals surface area contributed by atoms with Crippen molar-refractivity contribution in [2.75, 3.05) is 19.7 Å². The van der Waals surface area contributed by atoms with Crippen molar-refractivity contribution >= 4 is 12.1 Å². The molecule has 1 aliphatic carbocycles. The standard InChI is InChI=1S/C22H24N2O4/c23-12-14-6-5-11-24(20(14)21(25)26)22(27)28-13-19-17-9-3-1-7-15(17)16-8-2-4-10-18(16)19/h1-4,7-10,14,19-20H,5-6,11-13,23H2,(H,25,26)/t14-,20-/m0/s1. The molecule has 28 heavy (non-hydrogen) atoms. The summed E-state index contributed by atoms with van der Waals surface area (Å²) in [5.41, 5.74) is 10.3. The summed E-state index contributed by atoms with van der Waals surface area (Å²) in [4.78, 5) is 25.8. The molecule has 6 heteroatoms. The fourth-order valence-electron chi connectivity index (χ4n) is 4.54. The van der Waals surface area contributed by atoms with E-state index in [1.165, 1.54) is 4.90 Å². The van der Waals surface area contributed by atoms with Crippen molar-refractivity contribution in [3.05, 3.63) is 59.7 Å². The number of fused-ring (bicyclic) bond motifs is 3. The lowest BCUT2D eigenvalue weighted by Crippen LogP contribution is -2.54. The van der Waals surface area contributed by atoms with Gasteiger partial charge < -0.3 is 15.6 Å². The van der Waals surface area contributed by atoms with E-state index in [0.29, 0.717) is 13.0 Å². The van der Waals surface area contributed by atoms with Gasteiger partial charge in [0, 0.05) is 18.4 Å². The number of piperidine rings is 1. The average Bonchev–Trinajstić information content (AvgIpc) is 3.05. The Kier molecular flexibility index (Phi) is 5.05. The van der Waals surface area contributed by atoms with Crippen molar-refractivity contribution in [3.63, 3.8) is 0 Å². The number of amides is 1. The zero-order valence-electron chi connectivity index (χ0n) is 15.6. The van der Waals surface area contributed by atoms with Gasteiger partial charge in [-0.3, -0.25) is 4.90 Å². The van der Waals surface area contributed by atoms with E-state index in [4.69, 9.17) is 10.5 Å². The number of carbonyl (C=O) groups excluding carboxylic acids is 1.